The molecule has 4 aromatic heterocycles. The number of ketones is 1. The number of pyridine rings is 3. The van der Waals surface area contributed by atoms with Crippen molar-refractivity contribution in [2.75, 3.05) is 0 Å². The number of hydrogen-bond donors (Lipinski definition) is 0. The van der Waals surface area contributed by atoms with Gasteiger partial charge in [-0.25, -0.2) is 0 Å². The maximum atomic E-state index is 12.3. The van der Waals surface area contributed by atoms with E-state index in [4.69, 9.17) is 0 Å². The first-order valence-electron chi connectivity index (χ1n) is 8.32. The number of Topliss-reactive ketones (excluding diaryl/α,β-unsaturated/α-hetero) is 1. The summed E-state index contributed by atoms with van der Waals surface area (Å²) in [6, 6.07) is 7.73. The average molecular weight is 343 g/mol. The number of fused-ring (bicyclic) bond motifs is 1. The van der Waals surface area contributed by atoms with Gasteiger partial charge in [-0.05, 0) is 23.8 Å². The number of rotatable bonds is 5. The summed E-state index contributed by atoms with van der Waals surface area (Å²) in [7, 11) is 1.88. The van der Waals surface area contributed by atoms with Gasteiger partial charge in [0.25, 0.3) is 0 Å². The van der Waals surface area contributed by atoms with Gasteiger partial charge in [-0.15, -0.1) is 0 Å². The van der Waals surface area contributed by atoms with Crippen LogP contribution in [0.2, 0.25) is 0 Å². The average Bonchev–Trinajstić information content (AvgIpc) is 3.08. The summed E-state index contributed by atoms with van der Waals surface area (Å²) >= 11 is 0. The van der Waals surface area contributed by atoms with Crippen molar-refractivity contribution < 1.29 is 4.79 Å². The van der Waals surface area contributed by atoms with E-state index in [9.17, 15) is 4.79 Å². The van der Waals surface area contributed by atoms with Crippen LogP contribution in [0.25, 0.3) is 22.0 Å². The zero-order valence-corrected chi connectivity index (χ0v) is 14.3. The van der Waals surface area contributed by atoms with Gasteiger partial charge >= 0.3 is 0 Å². The number of nitrogens with zero attached hydrogens (tertiary/aromatic N) is 5. The molecule has 0 fully saturated rings. The van der Waals surface area contributed by atoms with Crippen LogP contribution in [0.4, 0.5) is 0 Å². The van der Waals surface area contributed by atoms with Crippen LogP contribution in [0.5, 0.6) is 0 Å². The molecule has 0 radical (unpaired) electrons. The maximum absolute atomic E-state index is 12.3. The van der Waals surface area contributed by atoms with E-state index in [-0.39, 0.29) is 5.78 Å². The molecular formula is C20H17N5O. The molecule has 0 unspecified atom stereocenters. The van der Waals surface area contributed by atoms with Crippen LogP contribution in [-0.4, -0.2) is 30.5 Å². The summed E-state index contributed by atoms with van der Waals surface area (Å²) in [6.07, 6.45) is 11.4. The Labute approximate surface area is 150 Å². The van der Waals surface area contributed by atoms with E-state index in [1.165, 1.54) is 0 Å². The Bertz CT molecular complexity index is 1070. The van der Waals surface area contributed by atoms with Gasteiger partial charge in [0.2, 0.25) is 0 Å². The van der Waals surface area contributed by atoms with Crippen molar-refractivity contribution in [3.05, 3.63) is 72.7 Å². The van der Waals surface area contributed by atoms with Gasteiger partial charge in [-0.1, -0.05) is 6.07 Å². The maximum Gasteiger partial charge on any atom is 0.143 e. The number of aryl methyl sites for hydroxylation is 1. The SMILES string of the molecule is Cn1cc(-c2cnc3cnc(CC(=O)Cc4cccnc4)cc3c2)cn1. The van der Waals surface area contributed by atoms with Gasteiger partial charge < -0.3 is 0 Å². The molecule has 0 aliphatic rings. The summed E-state index contributed by atoms with van der Waals surface area (Å²) in [5.74, 6) is 0.112. The van der Waals surface area contributed by atoms with E-state index in [1.54, 1.807) is 23.3 Å². The fraction of sp³-hybridized carbons (Fsp3) is 0.150. The number of carbonyl (C=O) groups is 1. The largest absolute Gasteiger partial charge is 0.299 e. The van der Waals surface area contributed by atoms with Gasteiger partial charge in [0.15, 0.2) is 0 Å². The van der Waals surface area contributed by atoms with Gasteiger partial charge in [-0.2, -0.15) is 5.10 Å². The van der Waals surface area contributed by atoms with Crippen molar-refractivity contribution >= 4 is 16.7 Å². The highest BCUT2D eigenvalue weighted by Gasteiger charge is 2.09. The minimum Gasteiger partial charge on any atom is -0.299 e. The number of hydrogen-bond acceptors (Lipinski definition) is 5. The monoisotopic (exact) mass is 343 g/mol. The second-order valence-corrected chi connectivity index (χ2v) is 6.25. The smallest absolute Gasteiger partial charge is 0.143 e. The number of aromatic nitrogens is 5. The second-order valence-electron chi connectivity index (χ2n) is 6.25. The Hall–Kier alpha value is -3.41. The zero-order valence-electron chi connectivity index (χ0n) is 14.3. The molecule has 0 spiro atoms. The molecule has 4 rings (SSSR count). The van der Waals surface area contributed by atoms with E-state index in [0.29, 0.717) is 12.8 Å². The Kier molecular flexibility index (Phi) is 4.23. The standard InChI is InChI=1S/C20H17N5O/c1-25-13-17(11-24-25)16-6-15-7-18(22-12-20(15)23-10-16)8-19(26)5-14-3-2-4-21-9-14/h2-4,6-7,9-13H,5,8H2,1H3. The van der Waals surface area contributed by atoms with Crippen molar-refractivity contribution in [3.63, 3.8) is 0 Å². The molecule has 6 heteroatoms. The summed E-state index contributed by atoms with van der Waals surface area (Å²) in [6.45, 7) is 0. The third-order valence-corrected chi connectivity index (χ3v) is 4.16. The third-order valence-electron chi connectivity index (χ3n) is 4.16. The lowest BCUT2D eigenvalue weighted by atomic mass is 10.1. The van der Waals surface area contributed by atoms with Crippen LogP contribution in [-0.2, 0) is 24.7 Å². The van der Waals surface area contributed by atoms with Gasteiger partial charge in [0.05, 0.1) is 17.9 Å². The molecular weight excluding hydrogens is 326 g/mol. The number of carbonyl (C=O) groups excluding carboxylic acids is 1. The predicted molar refractivity (Wildman–Crippen MR) is 98.4 cm³/mol. The van der Waals surface area contributed by atoms with Crippen molar-refractivity contribution in [2.24, 2.45) is 7.05 Å². The molecule has 0 atom stereocenters. The Morgan fingerprint density at radius 2 is 1.96 bits per heavy atom. The van der Waals surface area contributed by atoms with Gasteiger partial charge in [0, 0.05) is 66.9 Å². The lowest BCUT2D eigenvalue weighted by Crippen LogP contribution is -2.08. The molecule has 6 nitrogen and oxygen atoms in total. The molecule has 0 aliphatic heterocycles. The van der Waals surface area contributed by atoms with Crippen LogP contribution >= 0.6 is 0 Å². The van der Waals surface area contributed by atoms with Crippen molar-refractivity contribution in [1.82, 2.24) is 24.7 Å². The van der Waals surface area contributed by atoms with Crippen LogP contribution in [0.3, 0.4) is 0 Å². The lowest BCUT2D eigenvalue weighted by molar-refractivity contribution is -0.117. The fourth-order valence-electron chi connectivity index (χ4n) is 2.90. The quantitative estimate of drug-likeness (QED) is 0.557. The van der Waals surface area contributed by atoms with Crippen LogP contribution in [0.1, 0.15) is 11.3 Å². The van der Waals surface area contributed by atoms with Crippen LogP contribution < -0.4 is 0 Å². The van der Waals surface area contributed by atoms with E-state index in [1.807, 2.05) is 43.8 Å². The van der Waals surface area contributed by atoms with Gasteiger partial charge in [-0.3, -0.25) is 24.4 Å². The Morgan fingerprint density at radius 3 is 2.73 bits per heavy atom. The van der Waals surface area contributed by atoms with E-state index >= 15 is 0 Å². The van der Waals surface area contributed by atoms with E-state index < -0.39 is 0 Å². The molecule has 0 N–H and O–H groups in total. The Balaban J connectivity index is 1.57. The molecule has 0 amide bonds. The highest BCUT2D eigenvalue weighted by atomic mass is 16.1. The van der Waals surface area contributed by atoms with Crippen LogP contribution in [0, 0.1) is 0 Å². The lowest BCUT2D eigenvalue weighted by Gasteiger charge is -2.04. The normalized spacial score (nSPS) is 11.0. The van der Waals surface area contributed by atoms with Crippen LogP contribution in [0.15, 0.2) is 61.4 Å². The predicted octanol–water partition coefficient (Wildman–Crippen LogP) is 2.78. The third kappa shape index (κ3) is 3.49. The molecule has 0 bridgehead atoms. The summed E-state index contributed by atoms with van der Waals surface area (Å²) in [4.78, 5) is 25.2. The Morgan fingerprint density at radius 1 is 1.04 bits per heavy atom. The molecule has 4 aromatic rings. The minimum atomic E-state index is 0.112. The topological polar surface area (TPSA) is 73.6 Å². The first-order chi connectivity index (χ1) is 12.7. The molecule has 128 valence electrons. The summed E-state index contributed by atoms with van der Waals surface area (Å²) < 4.78 is 1.76. The van der Waals surface area contributed by atoms with Gasteiger partial charge in [0.1, 0.15) is 5.78 Å². The highest BCUT2D eigenvalue weighted by molar-refractivity contribution is 5.86. The highest BCUT2D eigenvalue weighted by Crippen LogP contribution is 2.22. The molecule has 26 heavy (non-hydrogen) atoms. The fourth-order valence-corrected chi connectivity index (χ4v) is 2.90. The van der Waals surface area contributed by atoms with Crippen molar-refractivity contribution in [2.45, 2.75) is 12.8 Å². The van der Waals surface area contributed by atoms with Crippen molar-refractivity contribution in [3.8, 4) is 11.1 Å². The second kappa shape index (κ2) is 6.84. The zero-order chi connectivity index (χ0) is 17.9. The summed E-state index contributed by atoms with van der Waals surface area (Å²) in [5, 5.41) is 5.16. The van der Waals surface area contributed by atoms with Crippen molar-refractivity contribution in [1.29, 1.82) is 0 Å². The van der Waals surface area contributed by atoms with E-state index in [2.05, 4.69) is 26.1 Å². The molecule has 0 saturated carbocycles. The molecule has 0 aromatic carbocycles. The molecule has 0 aliphatic carbocycles. The first kappa shape index (κ1) is 16.1. The summed E-state index contributed by atoms with van der Waals surface area (Å²) in [5.41, 5.74) is 4.47. The minimum absolute atomic E-state index is 0.112. The molecule has 0 saturated heterocycles. The molecule has 4 heterocycles. The first-order valence-corrected chi connectivity index (χ1v) is 8.32. The van der Waals surface area contributed by atoms with E-state index in [0.717, 1.165) is 33.3 Å².